The number of methoxy groups -OCH3 is 2. The summed E-state index contributed by atoms with van der Waals surface area (Å²) in [6.07, 6.45) is 0. The van der Waals surface area contributed by atoms with Gasteiger partial charge in [0, 0.05) is 11.8 Å². The molecule has 8 nitrogen and oxygen atoms in total. The topological polar surface area (TPSA) is 91.6 Å². The Morgan fingerprint density at radius 3 is 2.52 bits per heavy atom. The van der Waals surface area contributed by atoms with Crippen LogP contribution in [0.15, 0.2) is 57.4 Å². The lowest BCUT2D eigenvalue weighted by Crippen LogP contribution is -2.40. The average molecular weight is 469 g/mol. The zero-order valence-electron chi connectivity index (χ0n) is 18.0. The summed E-state index contributed by atoms with van der Waals surface area (Å²) in [4.78, 5) is 39.1. The number of fused-ring (bicyclic) bond motifs is 1. The van der Waals surface area contributed by atoms with Crippen molar-refractivity contribution in [1.29, 1.82) is 0 Å². The number of amides is 1. The van der Waals surface area contributed by atoms with Crippen LogP contribution < -0.4 is 26.0 Å². The fraction of sp³-hybridized carbons (Fsp3) is 0.174. The van der Waals surface area contributed by atoms with E-state index in [4.69, 9.17) is 9.47 Å². The van der Waals surface area contributed by atoms with Crippen molar-refractivity contribution < 1.29 is 18.7 Å². The fourth-order valence-corrected chi connectivity index (χ4v) is 4.32. The van der Waals surface area contributed by atoms with E-state index in [2.05, 4.69) is 5.32 Å². The van der Waals surface area contributed by atoms with Crippen LogP contribution in [-0.4, -0.2) is 29.3 Å². The zero-order chi connectivity index (χ0) is 23.7. The molecule has 0 atom stereocenters. The molecule has 1 N–H and O–H groups in total. The number of hydrogen-bond donors (Lipinski definition) is 1. The van der Waals surface area contributed by atoms with Gasteiger partial charge in [0.05, 0.1) is 25.4 Å². The molecular weight excluding hydrogens is 449 g/mol. The van der Waals surface area contributed by atoms with Crippen LogP contribution in [0.2, 0.25) is 0 Å². The highest BCUT2D eigenvalue weighted by atomic mass is 32.1. The number of halogens is 1. The van der Waals surface area contributed by atoms with Crippen LogP contribution in [-0.2, 0) is 11.3 Å². The predicted molar refractivity (Wildman–Crippen MR) is 125 cm³/mol. The van der Waals surface area contributed by atoms with Crippen LogP contribution in [0.25, 0.3) is 15.9 Å². The number of ether oxygens (including phenoxy) is 2. The Hall–Kier alpha value is -3.92. The van der Waals surface area contributed by atoms with Crippen molar-refractivity contribution in [2.24, 2.45) is 0 Å². The Morgan fingerprint density at radius 1 is 1.06 bits per heavy atom. The minimum atomic E-state index is -0.695. The first-order chi connectivity index (χ1) is 15.8. The maximum absolute atomic E-state index is 13.7. The van der Waals surface area contributed by atoms with Gasteiger partial charge in [0.1, 0.15) is 17.1 Å². The van der Waals surface area contributed by atoms with Crippen LogP contribution in [0.1, 0.15) is 5.56 Å². The lowest BCUT2D eigenvalue weighted by atomic mass is 10.2. The second-order valence-electron chi connectivity index (χ2n) is 7.20. The van der Waals surface area contributed by atoms with Crippen LogP contribution in [0.5, 0.6) is 11.5 Å². The number of carbonyl (C=O) groups excluding carboxylic acids is 1. The summed E-state index contributed by atoms with van der Waals surface area (Å²) in [5, 5.41) is 4.40. The van der Waals surface area contributed by atoms with Crippen LogP contribution in [0.4, 0.5) is 10.1 Å². The molecule has 4 aromatic rings. The number of carbonyl (C=O) groups is 1. The van der Waals surface area contributed by atoms with Crippen molar-refractivity contribution in [2.75, 3.05) is 19.5 Å². The van der Waals surface area contributed by atoms with Gasteiger partial charge in [0.15, 0.2) is 11.5 Å². The second-order valence-corrected chi connectivity index (χ2v) is 8.11. The lowest BCUT2D eigenvalue weighted by Gasteiger charge is -2.14. The van der Waals surface area contributed by atoms with E-state index >= 15 is 0 Å². The summed E-state index contributed by atoms with van der Waals surface area (Å²) >= 11 is 1.16. The summed E-state index contributed by atoms with van der Waals surface area (Å²) in [5.41, 5.74) is 0.116. The van der Waals surface area contributed by atoms with Gasteiger partial charge in [-0.25, -0.2) is 13.8 Å². The number of nitrogens with zero attached hydrogens (tertiary/aromatic N) is 2. The third-order valence-electron chi connectivity index (χ3n) is 5.12. The van der Waals surface area contributed by atoms with Gasteiger partial charge in [-0.15, -0.1) is 11.3 Å². The summed E-state index contributed by atoms with van der Waals surface area (Å²) in [6, 6.07) is 10.5. The predicted octanol–water partition coefficient (Wildman–Crippen LogP) is 3.32. The van der Waals surface area contributed by atoms with Gasteiger partial charge in [0.25, 0.3) is 5.56 Å². The van der Waals surface area contributed by atoms with Crippen molar-refractivity contribution in [3.05, 3.63) is 80.1 Å². The van der Waals surface area contributed by atoms with Gasteiger partial charge in [-0.2, -0.15) is 0 Å². The first-order valence-corrected chi connectivity index (χ1v) is 10.7. The third-order valence-corrected chi connectivity index (χ3v) is 6.02. The SMILES string of the molecule is COc1ccc(NC(=O)Cn2c(=O)n(-c3ccc(F)c(C)c3)c(=O)c3sccc32)cc1OC. The van der Waals surface area contributed by atoms with Crippen LogP contribution in [0, 0.1) is 12.7 Å². The van der Waals surface area contributed by atoms with E-state index in [1.165, 1.54) is 37.0 Å². The maximum Gasteiger partial charge on any atom is 0.336 e. The molecule has 0 radical (unpaired) electrons. The van der Waals surface area contributed by atoms with Crippen LogP contribution >= 0.6 is 11.3 Å². The van der Waals surface area contributed by atoms with Crippen molar-refractivity contribution >= 4 is 33.1 Å². The number of benzene rings is 2. The molecule has 33 heavy (non-hydrogen) atoms. The standard InChI is InChI=1S/C23H20FN3O5S/c1-13-10-15(5-6-16(13)24)27-22(29)21-17(8-9-33-21)26(23(27)30)12-20(28)25-14-4-7-18(31-2)19(11-14)32-3/h4-11H,12H2,1-3H3,(H,25,28). The highest BCUT2D eigenvalue weighted by Crippen LogP contribution is 2.29. The highest BCUT2D eigenvalue weighted by molar-refractivity contribution is 7.17. The molecule has 0 aliphatic carbocycles. The summed E-state index contributed by atoms with van der Waals surface area (Å²) in [7, 11) is 2.99. The quantitative estimate of drug-likeness (QED) is 0.468. The van der Waals surface area contributed by atoms with Gasteiger partial charge in [-0.1, -0.05) is 0 Å². The number of aryl methyl sites for hydroxylation is 1. The molecule has 2 heterocycles. The molecule has 10 heteroatoms. The molecule has 0 bridgehead atoms. The number of anilines is 1. The van der Waals surface area contributed by atoms with Gasteiger partial charge in [-0.05, 0) is 54.3 Å². The normalized spacial score (nSPS) is 10.9. The summed E-state index contributed by atoms with van der Waals surface area (Å²) in [5.74, 6) is 0.0252. The molecule has 2 aromatic carbocycles. The lowest BCUT2D eigenvalue weighted by molar-refractivity contribution is -0.116. The zero-order valence-corrected chi connectivity index (χ0v) is 18.9. The van der Waals surface area contributed by atoms with E-state index in [-0.39, 0.29) is 12.2 Å². The van der Waals surface area contributed by atoms with E-state index < -0.39 is 23.0 Å². The molecule has 0 saturated heterocycles. The Bertz CT molecular complexity index is 1490. The van der Waals surface area contributed by atoms with Crippen molar-refractivity contribution in [3.63, 3.8) is 0 Å². The van der Waals surface area contributed by atoms with E-state index in [9.17, 15) is 18.8 Å². The van der Waals surface area contributed by atoms with Gasteiger partial charge in [0.2, 0.25) is 5.91 Å². The molecule has 0 saturated carbocycles. The van der Waals surface area contributed by atoms with Gasteiger partial charge >= 0.3 is 5.69 Å². The molecule has 2 aromatic heterocycles. The smallest absolute Gasteiger partial charge is 0.336 e. The molecule has 0 aliphatic rings. The summed E-state index contributed by atoms with van der Waals surface area (Å²) in [6.45, 7) is 1.21. The number of thiophene rings is 1. The average Bonchev–Trinajstić information content (AvgIpc) is 3.29. The molecule has 170 valence electrons. The Morgan fingerprint density at radius 2 is 1.82 bits per heavy atom. The molecule has 0 unspecified atom stereocenters. The van der Waals surface area contributed by atoms with Crippen molar-refractivity contribution in [2.45, 2.75) is 13.5 Å². The largest absolute Gasteiger partial charge is 0.493 e. The Kier molecular flexibility index (Phi) is 6.01. The van der Waals surface area contributed by atoms with Crippen LogP contribution in [0.3, 0.4) is 0 Å². The Labute approximate surface area is 191 Å². The molecule has 4 rings (SSSR count). The molecule has 0 fully saturated rings. The summed E-state index contributed by atoms with van der Waals surface area (Å²) < 4.78 is 26.7. The van der Waals surface area contributed by atoms with E-state index in [0.717, 1.165) is 15.9 Å². The number of aromatic nitrogens is 2. The first-order valence-electron chi connectivity index (χ1n) is 9.85. The minimum Gasteiger partial charge on any atom is -0.493 e. The number of nitrogens with one attached hydrogen (secondary N) is 1. The molecule has 1 amide bonds. The minimum absolute atomic E-state index is 0.230. The second kappa shape index (κ2) is 8.91. The van der Waals surface area contributed by atoms with Crippen molar-refractivity contribution in [3.8, 4) is 17.2 Å². The first kappa shape index (κ1) is 22.3. The number of rotatable bonds is 6. The maximum atomic E-state index is 13.7. The molecule has 0 spiro atoms. The highest BCUT2D eigenvalue weighted by Gasteiger charge is 2.18. The van der Waals surface area contributed by atoms with E-state index in [0.29, 0.717) is 33.0 Å². The van der Waals surface area contributed by atoms with E-state index in [1.54, 1.807) is 36.6 Å². The van der Waals surface area contributed by atoms with Gasteiger partial charge < -0.3 is 14.8 Å². The van der Waals surface area contributed by atoms with Gasteiger partial charge in [-0.3, -0.25) is 14.2 Å². The van der Waals surface area contributed by atoms with E-state index in [1.807, 2.05) is 0 Å². The van der Waals surface area contributed by atoms with Crippen molar-refractivity contribution in [1.82, 2.24) is 9.13 Å². The fourth-order valence-electron chi connectivity index (χ4n) is 3.49. The monoisotopic (exact) mass is 469 g/mol. The Balaban J connectivity index is 1.74. The molecule has 0 aliphatic heterocycles. The third kappa shape index (κ3) is 4.12. The molecular formula is C23H20FN3O5S. The number of hydrogen-bond acceptors (Lipinski definition) is 6.